The molecule has 0 saturated carbocycles. The van der Waals surface area contributed by atoms with Gasteiger partial charge in [0.15, 0.2) is 17.5 Å². The second-order valence-electron chi connectivity index (χ2n) is 14.3. The van der Waals surface area contributed by atoms with Gasteiger partial charge in [-0.3, -0.25) is 4.79 Å². The Balaban J connectivity index is 1.27. The maximum absolute atomic E-state index is 14.9. The molecule has 2 aliphatic rings. The Labute approximate surface area is 278 Å². The number of piperidine rings is 1. The van der Waals surface area contributed by atoms with Gasteiger partial charge in [0.1, 0.15) is 11.4 Å². The lowest BCUT2D eigenvalue weighted by atomic mass is 9.93. The molecular weight excluding hydrogens is 629 g/mol. The topological polar surface area (TPSA) is 130 Å². The van der Waals surface area contributed by atoms with E-state index in [1.54, 1.807) is 25.7 Å². The number of hydrogen-bond acceptors (Lipinski definition) is 10. The smallest absolute Gasteiger partial charge is 0.407 e. The van der Waals surface area contributed by atoms with Gasteiger partial charge in [0.2, 0.25) is 5.95 Å². The van der Waals surface area contributed by atoms with Crippen LogP contribution in [0.25, 0.3) is 0 Å². The van der Waals surface area contributed by atoms with Crippen molar-refractivity contribution in [1.82, 2.24) is 30.3 Å². The van der Waals surface area contributed by atoms with E-state index in [9.17, 15) is 22.8 Å². The predicted molar refractivity (Wildman–Crippen MR) is 171 cm³/mol. The van der Waals surface area contributed by atoms with Crippen molar-refractivity contribution in [2.24, 2.45) is 0 Å². The van der Waals surface area contributed by atoms with Gasteiger partial charge >= 0.3 is 12.1 Å². The molecule has 2 atom stereocenters. The third kappa shape index (κ3) is 7.81. The number of aromatic nitrogens is 4. The molecule has 2 unspecified atom stereocenters. The Morgan fingerprint density at radius 1 is 0.979 bits per heavy atom. The molecule has 2 amide bonds. The van der Waals surface area contributed by atoms with Gasteiger partial charge in [0.05, 0.1) is 11.6 Å². The molecule has 0 aliphatic carbocycles. The minimum absolute atomic E-state index is 0.00605. The van der Waals surface area contributed by atoms with Crippen molar-refractivity contribution >= 4 is 24.0 Å². The fourth-order valence-electron chi connectivity index (χ4n) is 6.06. The maximum Gasteiger partial charge on any atom is 0.407 e. The zero-order valence-electron chi connectivity index (χ0n) is 28.4. The van der Waals surface area contributed by atoms with E-state index in [0.717, 1.165) is 6.07 Å². The van der Waals surface area contributed by atoms with Crippen LogP contribution in [0.1, 0.15) is 89.0 Å². The van der Waals surface area contributed by atoms with Crippen LogP contribution in [0, 0.1) is 17.5 Å². The summed E-state index contributed by atoms with van der Waals surface area (Å²) in [7, 11) is 0. The van der Waals surface area contributed by atoms with E-state index in [4.69, 9.17) is 9.26 Å². The predicted octanol–water partition coefficient (Wildman–Crippen LogP) is 5.20. The van der Waals surface area contributed by atoms with E-state index in [1.165, 1.54) is 12.4 Å². The van der Waals surface area contributed by atoms with Crippen molar-refractivity contribution in [2.45, 2.75) is 90.3 Å². The quantitative estimate of drug-likeness (QED) is 0.334. The van der Waals surface area contributed by atoms with Crippen LogP contribution in [0.5, 0.6) is 0 Å². The summed E-state index contributed by atoms with van der Waals surface area (Å²) in [5.74, 6) is -3.54. The minimum atomic E-state index is -1.31. The highest BCUT2D eigenvalue weighted by atomic mass is 19.2. The fourth-order valence-corrected chi connectivity index (χ4v) is 6.06. The molecule has 12 nitrogen and oxygen atoms in total. The summed E-state index contributed by atoms with van der Waals surface area (Å²) in [5.41, 5.74) is -0.800. The van der Waals surface area contributed by atoms with Crippen LogP contribution >= 0.6 is 0 Å². The number of halogens is 3. The van der Waals surface area contributed by atoms with E-state index in [-0.39, 0.29) is 42.0 Å². The molecule has 1 aromatic carbocycles. The van der Waals surface area contributed by atoms with Gasteiger partial charge in [0.25, 0.3) is 5.91 Å². The third-order valence-electron chi connectivity index (χ3n) is 8.49. The Hall–Kier alpha value is -4.43. The Kier molecular flexibility index (Phi) is 9.88. The zero-order chi connectivity index (χ0) is 35.0. The van der Waals surface area contributed by atoms with Gasteiger partial charge in [-0.2, -0.15) is 4.98 Å². The van der Waals surface area contributed by atoms with E-state index >= 15 is 0 Å². The number of hydrogen-bond donors (Lipinski definition) is 1. The van der Waals surface area contributed by atoms with Crippen LogP contribution < -0.4 is 15.1 Å². The van der Waals surface area contributed by atoms with Gasteiger partial charge in [-0.25, -0.2) is 27.9 Å². The summed E-state index contributed by atoms with van der Waals surface area (Å²) in [4.78, 5) is 45.2. The van der Waals surface area contributed by atoms with Gasteiger partial charge in [-0.1, -0.05) is 25.9 Å². The molecule has 0 bridgehead atoms. The van der Waals surface area contributed by atoms with E-state index in [2.05, 4.69) is 25.4 Å². The van der Waals surface area contributed by atoms with Crippen LogP contribution in [0.4, 0.5) is 29.9 Å². The van der Waals surface area contributed by atoms with Crippen molar-refractivity contribution in [3.8, 4) is 0 Å². The monoisotopic (exact) mass is 672 g/mol. The molecule has 15 heteroatoms. The SMILES string of the molecule is CCN(C(=O)c1cnc(N2CC(NC(=O)OC(C)(C)C)C(c3cc(F)c(F)cc3F)C2)nc1)C1CCN(c2nc(C(C)(C)C)no2)CC1. The molecule has 48 heavy (non-hydrogen) atoms. The van der Waals surface area contributed by atoms with Crippen molar-refractivity contribution in [2.75, 3.05) is 42.5 Å². The molecule has 2 fully saturated rings. The number of nitrogens with zero attached hydrogens (tertiary/aromatic N) is 7. The zero-order valence-corrected chi connectivity index (χ0v) is 28.4. The van der Waals surface area contributed by atoms with E-state index in [0.29, 0.717) is 55.9 Å². The largest absolute Gasteiger partial charge is 0.444 e. The first-order valence-corrected chi connectivity index (χ1v) is 16.1. The van der Waals surface area contributed by atoms with Crippen LogP contribution in [-0.2, 0) is 10.2 Å². The summed E-state index contributed by atoms with van der Waals surface area (Å²) in [6, 6.07) is 1.04. The Morgan fingerprint density at radius 3 is 2.21 bits per heavy atom. The second-order valence-corrected chi connectivity index (χ2v) is 14.3. The first-order chi connectivity index (χ1) is 22.5. The summed E-state index contributed by atoms with van der Waals surface area (Å²) in [6.45, 7) is 15.1. The summed E-state index contributed by atoms with van der Waals surface area (Å²) >= 11 is 0. The highest BCUT2D eigenvalue weighted by Crippen LogP contribution is 2.33. The summed E-state index contributed by atoms with van der Waals surface area (Å²) in [5, 5.41) is 6.85. The van der Waals surface area contributed by atoms with Crippen LogP contribution in [-0.4, -0.2) is 87.4 Å². The molecule has 5 rings (SSSR count). The lowest BCUT2D eigenvalue weighted by Crippen LogP contribution is -2.47. The average molecular weight is 673 g/mol. The van der Waals surface area contributed by atoms with Crippen LogP contribution in [0.15, 0.2) is 29.0 Å². The van der Waals surface area contributed by atoms with Gasteiger partial charge < -0.3 is 29.3 Å². The molecule has 1 N–H and O–H groups in total. The number of carbonyl (C=O) groups is 2. The van der Waals surface area contributed by atoms with Gasteiger partial charge in [0, 0.05) is 68.6 Å². The molecule has 260 valence electrons. The molecule has 2 saturated heterocycles. The Morgan fingerprint density at radius 2 is 1.62 bits per heavy atom. The summed E-state index contributed by atoms with van der Waals surface area (Å²) < 4.78 is 53.7. The molecule has 0 spiro atoms. The fraction of sp³-hybridized carbons (Fsp3) is 0.576. The number of carbonyl (C=O) groups excluding carboxylic acids is 2. The molecule has 2 aliphatic heterocycles. The normalized spacial score (nSPS) is 19.0. The molecule has 2 aromatic heterocycles. The lowest BCUT2D eigenvalue weighted by molar-refractivity contribution is 0.0504. The third-order valence-corrected chi connectivity index (χ3v) is 8.49. The van der Waals surface area contributed by atoms with E-state index < -0.39 is 41.1 Å². The maximum atomic E-state index is 14.9. The molecular formula is C33H43F3N8O4. The second kappa shape index (κ2) is 13.6. The van der Waals surface area contributed by atoms with Crippen molar-refractivity contribution in [3.63, 3.8) is 0 Å². The molecule has 0 radical (unpaired) electrons. The van der Waals surface area contributed by atoms with Crippen LogP contribution in [0.2, 0.25) is 0 Å². The van der Waals surface area contributed by atoms with E-state index in [1.807, 2.05) is 37.5 Å². The van der Waals surface area contributed by atoms with Crippen LogP contribution in [0.3, 0.4) is 0 Å². The minimum Gasteiger partial charge on any atom is -0.444 e. The number of ether oxygens (including phenoxy) is 1. The average Bonchev–Trinajstić information content (AvgIpc) is 3.67. The highest BCUT2D eigenvalue weighted by Gasteiger charge is 2.39. The number of benzene rings is 1. The number of rotatable bonds is 7. The number of amides is 2. The lowest BCUT2D eigenvalue weighted by Gasteiger charge is -2.37. The number of anilines is 2. The van der Waals surface area contributed by atoms with Gasteiger partial charge in [-0.05, 0) is 52.2 Å². The first-order valence-electron chi connectivity index (χ1n) is 16.1. The number of alkyl carbamates (subject to hydrolysis) is 1. The first kappa shape index (κ1) is 34.9. The van der Waals surface area contributed by atoms with Crippen molar-refractivity contribution < 1.29 is 32.0 Å². The van der Waals surface area contributed by atoms with Gasteiger partial charge in [-0.15, -0.1) is 0 Å². The standard InChI is InChI=1S/C33H43F3N8O4/c1-8-44(20-9-11-42(12-10-20)30-40-28(41-48-30)32(2,3)4)27(45)19-15-37-29(38-16-19)43-17-22(21-13-24(35)25(36)14-23(21)34)26(18-43)39-31(46)47-33(5,6)7/h13-16,20,22,26H,8-12,17-18H2,1-7H3,(H,39,46). The molecule has 4 heterocycles. The highest BCUT2D eigenvalue weighted by molar-refractivity contribution is 5.94. The van der Waals surface area contributed by atoms with Crippen molar-refractivity contribution in [1.29, 1.82) is 0 Å². The number of nitrogens with one attached hydrogen (secondary N) is 1. The molecule has 3 aromatic rings. The summed E-state index contributed by atoms with van der Waals surface area (Å²) in [6.07, 6.45) is 3.58. The Bertz CT molecular complexity index is 1610. The van der Waals surface area contributed by atoms with Crippen molar-refractivity contribution in [3.05, 3.63) is 58.9 Å².